The molecule has 5 nitrogen and oxygen atoms in total. The van der Waals surface area contributed by atoms with Crippen molar-refractivity contribution in [1.82, 2.24) is 0 Å². The van der Waals surface area contributed by atoms with Gasteiger partial charge in [0.25, 0.3) is 0 Å². The quantitative estimate of drug-likeness (QED) is 0.422. The fraction of sp³-hybridized carbons (Fsp3) is 0.143. The van der Waals surface area contributed by atoms with Crippen molar-refractivity contribution in [2.75, 3.05) is 16.8 Å². The maximum Gasteiger partial charge on any atom is 0.229 e. The molecule has 164 valence electrons. The number of hydrogen-bond donors (Lipinski definition) is 1. The predicted octanol–water partition coefficient (Wildman–Crippen LogP) is 5.93. The van der Waals surface area contributed by atoms with Crippen molar-refractivity contribution in [2.45, 2.75) is 13.3 Å². The fourth-order valence-electron chi connectivity index (χ4n) is 4.20. The maximum absolute atomic E-state index is 12.8. The number of fused-ring (bicyclic) bond motifs is 1. The number of aryl methyl sites for hydroxylation is 1. The van der Waals surface area contributed by atoms with Crippen molar-refractivity contribution in [2.24, 2.45) is 5.92 Å². The normalized spacial score (nSPS) is 15.6. The molecule has 0 bridgehead atoms. The van der Waals surface area contributed by atoms with Gasteiger partial charge < -0.3 is 15.0 Å². The zero-order valence-electron chi connectivity index (χ0n) is 18.3. The van der Waals surface area contributed by atoms with E-state index in [-0.39, 0.29) is 24.2 Å². The minimum atomic E-state index is -0.384. The zero-order valence-corrected chi connectivity index (χ0v) is 18.3. The van der Waals surface area contributed by atoms with Crippen molar-refractivity contribution < 1.29 is 14.3 Å². The molecule has 0 saturated carbocycles. The molecule has 0 aromatic heterocycles. The number of rotatable bonds is 5. The molecule has 5 heteroatoms. The molecule has 0 radical (unpaired) electrons. The van der Waals surface area contributed by atoms with Gasteiger partial charge in [0.1, 0.15) is 11.5 Å². The average Bonchev–Trinajstić information content (AvgIpc) is 3.22. The minimum absolute atomic E-state index is 0.0245. The van der Waals surface area contributed by atoms with Crippen LogP contribution in [0.25, 0.3) is 10.8 Å². The molecule has 1 aliphatic heterocycles. The van der Waals surface area contributed by atoms with E-state index in [0.717, 1.165) is 27.8 Å². The summed E-state index contributed by atoms with van der Waals surface area (Å²) in [5.74, 6) is 0.883. The van der Waals surface area contributed by atoms with Gasteiger partial charge in [-0.05, 0) is 65.7 Å². The summed E-state index contributed by atoms with van der Waals surface area (Å²) in [6.45, 7) is 2.36. The first-order valence-corrected chi connectivity index (χ1v) is 11.0. The zero-order chi connectivity index (χ0) is 22.8. The molecule has 2 amide bonds. The van der Waals surface area contributed by atoms with Gasteiger partial charge in [-0.25, -0.2) is 0 Å². The molecule has 33 heavy (non-hydrogen) atoms. The van der Waals surface area contributed by atoms with E-state index < -0.39 is 0 Å². The summed E-state index contributed by atoms with van der Waals surface area (Å²) in [4.78, 5) is 27.0. The van der Waals surface area contributed by atoms with Crippen LogP contribution in [-0.4, -0.2) is 18.4 Å². The van der Waals surface area contributed by atoms with E-state index in [1.54, 1.807) is 4.90 Å². The molecule has 1 N–H and O–H groups in total. The number of carbonyl (C=O) groups is 2. The van der Waals surface area contributed by atoms with Gasteiger partial charge in [0.05, 0.1) is 5.92 Å². The largest absolute Gasteiger partial charge is 0.457 e. The summed E-state index contributed by atoms with van der Waals surface area (Å²) in [5, 5.41) is 5.21. The first kappa shape index (κ1) is 20.8. The summed E-state index contributed by atoms with van der Waals surface area (Å²) >= 11 is 0. The molecule has 1 atom stereocenters. The van der Waals surface area contributed by atoms with Crippen LogP contribution < -0.4 is 15.0 Å². The smallest absolute Gasteiger partial charge is 0.229 e. The van der Waals surface area contributed by atoms with Gasteiger partial charge in [-0.15, -0.1) is 0 Å². The molecule has 0 aliphatic carbocycles. The Kier molecular flexibility index (Phi) is 5.53. The third-order valence-corrected chi connectivity index (χ3v) is 5.98. The Balaban J connectivity index is 1.22. The van der Waals surface area contributed by atoms with Crippen LogP contribution in [0, 0.1) is 12.8 Å². The second kappa shape index (κ2) is 8.79. The van der Waals surface area contributed by atoms with Crippen molar-refractivity contribution in [3.05, 3.63) is 96.6 Å². The van der Waals surface area contributed by atoms with Crippen LogP contribution >= 0.6 is 0 Å². The van der Waals surface area contributed by atoms with Gasteiger partial charge in [0.2, 0.25) is 11.8 Å². The summed E-state index contributed by atoms with van der Waals surface area (Å²) in [6, 6.07) is 29.1. The van der Waals surface area contributed by atoms with Crippen LogP contribution in [0.1, 0.15) is 12.0 Å². The van der Waals surface area contributed by atoms with E-state index in [2.05, 4.69) is 17.4 Å². The van der Waals surface area contributed by atoms with Crippen molar-refractivity contribution in [3.8, 4) is 11.5 Å². The van der Waals surface area contributed by atoms with Gasteiger partial charge in [-0.1, -0.05) is 48.5 Å². The van der Waals surface area contributed by atoms with Gasteiger partial charge in [-0.3, -0.25) is 9.59 Å². The number of carbonyl (C=O) groups excluding carboxylic acids is 2. The Labute approximate surface area is 192 Å². The number of nitrogens with zero attached hydrogens (tertiary/aromatic N) is 1. The van der Waals surface area contributed by atoms with Crippen LogP contribution in [0.4, 0.5) is 11.4 Å². The molecule has 0 unspecified atom stereocenters. The van der Waals surface area contributed by atoms with Gasteiger partial charge in [-0.2, -0.15) is 0 Å². The van der Waals surface area contributed by atoms with E-state index in [1.165, 1.54) is 0 Å². The highest BCUT2D eigenvalue weighted by atomic mass is 16.5. The highest BCUT2D eigenvalue weighted by Crippen LogP contribution is 2.29. The highest BCUT2D eigenvalue weighted by molar-refractivity contribution is 6.03. The molecule has 1 fully saturated rings. The summed E-state index contributed by atoms with van der Waals surface area (Å²) in [7, 11) is 0. The van der Waals surface area contributed by atoms with E-state index in [0.29, 0.717) is 18.0 Å². The van der Waals surface area contributed by atoms with Crippen LogP contribution in [0.5, 0.6) is 11.5 Å². The number of hydrogen-bond acceptors (Lipinski definition) is 3. The molecule has 5 rings (SSSR count). The number of amides is 2. The minimum Gasteiger partial charge on any atom is -0.457 e. The number of benzene rings is 4. The van der Waals surface area contributed by atoms with Crippen LogP contribution in [0.2, 0.25) is 0 Å². The Morgan fingerprint density at radius 3 is 2.36 bits per heavy atom. The van der Waals surface area contributed by atoms with E-state index in [4.69, 9.17) is 4.74 Å². The number of ether oxygens (including phenoxy) is 1. The lowest BCUT2D eigenvalue weighted by atomic mass is 10.1. The Morgan fingerprint density at radius 2 is 1.58 bits per heavy atom. The monoisotopic (exact) mass is 436 g/mol. The lowest BCUT2D eigenvalue weighted by molar-refractivity contribution is -0.122. The first-order chi connectivity index (χ1) is 16.1. The van der Waals surface area contributed by atoms with Crippen LogP contribution in [0.3, 0.4) is 0 Å². The number of anilines is 2. The third-order valence-electron chi connectivity index (χ3n) is 5.98. The van der Waals surface area contributed by atoms with E-state index >= 15 is 0 Å². The molecular formula is C28H24N2O3. The molecule has 4 aromatic rings. The molecule has 1 aliphatic rings. The molecule has 0 spiro atoms. The van der Waals surface area contributed by atoms with Crippen molar-refractivity contribution in [1.29, 1.82) is 0 Å². The van der Waals surface area contributed by atoms with Crippen molar-refractivity contribution >= 4 is 34.0 Å². The second-order valence-corrected chi connectivity index (χ2v) is 8.32. The summed E-state index contributed by atoms with van der Waals surface area (Å²) in [6.07, 6.45) is 0.212. The number of para-hydroxylation sites is 1. The standard InChI is InChI=1S/C28H24N2O3/c1-19-6-2-5-9-26(19)30-18-22(17-27(30)31)28(32)29-23-11-14-24(15-12-23)33-25-13-10-20-7-3-4-8-21(20)16-25/h2-16,22H,17-18H2,1H3,(H,29,32)/t22-/m0/s1. The Hall–Kier alpha value is -4.12. The van der Waals surface area contributed by atoms with Gasteiger partial charge in [0, 0.05) is 24.3 Å². The lowest BCUT2D eigenvalue weighted by Gasteiger charge is -2.19. The van der Waals surface area contributed by atoms with Crippen molar-refractivity contribution in [3.63, 3.8) is 0 Å². The van der Waals surface area contributed by atoms with Gasteiger partial charge in [0.15, 0.2) is 0 Å². The maximum atomic E-state index is 12.8. The predicted molar refractivity (Wildman–Crippen MR) is 131 cm³/mol. The number of nitrogens with one attached hydrogen (secondary N) is 1. The molecule has 4 aromatic carbocycles. The first-order valence-electron chi connectivity index (χ1n) is 11.0. The summed E-state index contributed by atoms with van der Waals surface area (Å²) in [5.41, 5.74) is 2.56. The van der Waals surface area contributed by atoms with Gasteiger partial charge >= 0.3 is 0 Å². The molecule has 1 heterocycles. The van der Waals surface area contributed by atoms with Crippen LogP contribution in [0.15, 0.2) is 91.0 Å². The topological polar surface area (TPSA) is 58.6 Å². The third kappa shape index (κ3) is 4.44. The van der Waals surface area contributed by atoms with E-state index in [9.17, 15) is 9.59 Å². The molecule has 1 saturated heterocycles. The average molecular weight is 437 g/mol. The lowest BCUT2D eigenvalue weighted by Crippen LogP contribution is -2.28. The Morgan fingerprint density at radius 1 is 0.879 bits per heavy atom. The Bertz CT molecular complexity index is 1330. The second-order valence-electron chi connectivity index (χ2n) is 8.32. The van der Waals surface area contributed by atoms with Crippen LogP contribution in [-0.2, 0) is 9.59 Å². The fourth-order valence-corrected chi connectivity index (χ4v) is 4.20. The highest BCUT2D eigenvalue weighted by Gasteiger charge is 2.35. The molecular weight excluding hydrogens is 412 g/mol. The summed E-state index contributed by atoms with van der Waals surface area (Å²) < 4.78 is 5.97. The SMILES string of the molecule is Cc1ccccc1N1C[C@@H](C(=O)Nc2ccc(Oc3ccc4ccccc4c3)cc2)CC1=O. The van der Waals surface area contributed by atoms with E-state index in [1.807, 2.05) is 85.8 Å².